The van der Waals surface area contributed by atoms with Crippen molar-refractivity contribution in [2.24, 2.45) is 0 Å². The van der Waals surface area contributed by atoms with Crippen molar-refractivity contribution in [3.05, 3.63) is 69.5 Å². The van der Waals surface area contributed by atoms with Crippen LogP contribution in [0.15, 0.2) is 53.5 Å². The van der Waals surface area contributed by atoms with Gasteiger partial charge in [0, 0.05) is 22.6 Å². The van der Waals surface area contributed by atoms with Crippen molar-refractivity contribution in [1.29, 1.82) is 0 Å². The summed E-state index contributed by atoms with van der Waals surface area (Å²) in [4.78, 5) is 38.6. The molecule has 3 rings (SSSR count). The van der Waals surface area contributed by atoms with Crippen molar-refractivity contribution in [2.45, 2.75) is 20.4 Å². The van der Waals surface area contributed by atoms with Gasteiger partial charge in [-0.25, -0.2) is 0 Å². The molecule has 3 aromatic rings. The van der Waals surface area contributed by atoms with Gasteiger partial charge in [0.05, 0.1) is 18.3 Å². The number of halogens is 1. The Morgan fingerprint density at radius 2 is 1.97 bits per heavy atom. The molecule has 150 valence electrons. The number of amides is 2. The highest BCUT2D eigenvalue weighted by Gasteiger charge is 2.18. The van der Waals surface area contributed by atoms with Crippen LogP contribution in [0.3, 0.4) is 0 Å². The highest BCUT2D eigenvalue weighted by molar-refractivity contribution is 6.31. The number of para-hydroxylation sites is 1. The van der Waals surface area contributed by atoms with E-state index in [1.165, 1.54) is 15.8 Å². The van der Waals surface area contributed by atoms with E-state index in [4.69, 9.17) is 11.6 Å². The molecule has 1 heterocycles. The summed E-state index contributed by atoms with van der Waals surface area (Å²) in [5, 5.41) is 7.88. The van der Waals surface area contributed by atoms with Crippen LogP contribution in [-0.4, -0.2) is 39.6 Å². The van der Waals surface area contributed by atoms with Crippen molar-refractivity contribution >= 4 is 40.0 Å². The van der Waals surface area contributed by atoms with Gasteiger partial charge in [-0.15, -0.1) is 0 Å². The first-order valence-corrected chi connectivity index (χ1v) is 9.55. The Bertz CT molecular complexity index is 1130. The van der Waals surface area contributed by atoms with E-state index in [1.807, 2.05) is 13.0 Å². The predicted octanol–water partition coefficient (Wildman–Crippen LogP) is 2.85. The zero-order valence-corrected chi connectivity index (χ0v) is 16.9. The van der Waals surface area contributed by atoms with Gasteiger partial charge in [-0.2, -0.15) is 5.10 Å². The number of hydrogen-bond acceptors (Lipinski definition) is 4. The number of benzene rings is 2. The van der Waals surface area contributed by atoms with E-state index in [1.54, 1.807) is 43.3 Å². The van der Waals surface area contributed by atoms with Crippen LogP contribution >= 0.6 is 11.6 Å². The lowest BCUT2D eigenvalue weighted by Gasteiger charge is -2.21. The third-order valence-electron chi connectivity index (χ3n) is 4.59. The lowest BCUT2D eigenvalue weighted by Crippen LogP contribution is -2.40. The number of nitrogens with zero attached hydrogens (tertiary/aromatic N) is 3. The summed E-state index contributed by atoms with van der Waals surface area (Å²) in [5.74, 6) is -0.588. The van der Waals surface area contributed by atoms with Gasteiger partial charge in [0.2, 0.25) is 17.2 Å². The number of nitrogens with one attached hydrogen (secondary N) is 1. The standard InChI is InChI=1S/C21H21ClN4O3/c1-3-25(12-20(28)24-17-10-15(22)9-8-14(17)2)21(29)13-26-18-7-5-4-6-16(18)19(27)11-23-26/h4-11H,3,12-13H2,1-2H3,(H,24,28). The van der Waals surface area contributed by atoms with Crippen molar-refractivity contribution in [2.75, 3.05) is 18.4 Å². The summed E-state index contributed by atoms with van der Waals surface area (Å²) in [6, 6.07) is 12.2. The van der Waals surface area contributed by atoms with Crippen LogP contribution < -0.4 is 10.7 Å². The van der Waals surface area contributed by atoms with Crippen molar-refractivity contribution in [3.8, 4) is 0 Å². The fourth-order valence-corrected chi connectivity index (χ4v) is 3.16. The molecule has 0 fully saturated rings. The molecule has 29 heavy (non-hydrogen) atoms. The molecule has 7 nitrogen and oxygen atoms in total. The highest BCUT2D eigenvalue weighted by atomic mass is 35.5. The Hall–Kier alpha value is -3.19. The number of carbonyl (C=O) groups is 2. The van der Waals surface area contributed by atoms with Gasteiger partial charge in [0.15, 0.2) is 0 Å². The first kappa shape index (κ1) is 20.5. The first-order chi connectivity index (χ1) is 13.9. The van der Waals surface area contributed by atoms with Crippen molar-refractivity contribution in [1.82, 2.24) is 14.7 Å². The maximum Gasteiger partial charge on any atom is 0.244 e. The summed E-state index contributed by atoms with van der Waals surface area (Å²) in [6.45, 7) is 3.85. The Labute approximate surface area is 172 Å². The van der Waals surface area contributed by atoms with Crippen LogP contribution in [-0.2, 0) is 16.1 Å². The molecular formula is C21H21ClN4O3. The molecule has 0 aliphatic rings. The number of likely N-dealkylation sites (N-methyl/N-ethyl adjacent to an activating group) is 1. The summed E-state index contributed by atoms with van der Waals surface area (Å²) in [6.07, 6.45) is 1.19. The maximum absolute atomic E-state index is 12.8. The molecular weight excluding hydrogens is 392 g/mol. The van der Waals surface area contributed by atoms with Gasteiger partial charge in [-0.05, 0) is 43.7 Å². The molecule has 0 unspecified atom stereocenters. The number of fused-ring (bicyclic) bond motifs is 1. The van der Waals surface area contributed by atoms with Gasteiger partial charge in [-0.3, -0.25) is 19.1 Å². The van der Waals surface area contributed by atoms with Crippen molar-refractivity contribution < 1.29 is 9.59 Å². The molecule has 0 bridgehead atoms. The van der Waals surface area contributed by atoms with E-state index >= 15 is 0 Å². The maximum atomic E-state index is 12.8. The smallest absolute Gasteiger partial charge is 0.244 e. The molecule has 2 amide bonds. The van der Waals surface area contributed by atoms with Crippen LogP contribution in [0.4, 0.5) is 5.69 Å². The van der Waals surface area contributed by atoms with E-state index in [9.17, 15) is 14.4 Å². The molecule has 1 aromatic heterocycles. The number of aryl methyl sites for hydroxylation is 1. The minimum atomic E-state index is -0.316. The van der Waals surface area contributed by atoms with E-state index < -0.39 is 0 Å². The Kier molecular flexibility index (Phi) is 6.29. The molecule has 0 saturated carbocycles. The minimum Gasteiger partial charge on any atom is -0.332 e. The minimum absolute atomic E-state index is 0.0713. The van der Waals surface area contributed by atoms with E-state index in [-0.39, 0.29) is 30.3 Å². The third kappa shape index (κ3) is 4.81. The molecule has 0 aliphatic carbocycles. The molecule has 0 spiro atoms. The lowest BCUT2D eigenvalue weighted by molar-refractivity contribution is -0.135. The van der Waals surface area contributed by atoms with Gasteiger partial charge in [-0.1, -0.05) is 29.8 Å². The molecule has 1 N–H and O–H groups in total. The fourth-order valence-electron chi connectivity index (χ4n) is 2.98. The normalized spacial score (nSPS) is 10.7. The molecule has 2 aromatic carbocycles. The first-order valence-electron chi connectivity index (χ1n) is 9.17. The second-order valence-electron chi connectivity index (χ2n) is 6.60. The highest BCUT2D eigenvalue weighted by Crippen LogP contribution is 2.20. The SMILES string of the molecule is CCN(CC(=O)Nc1cc(Cl)ccc1C)C(=O)Cn1ncc(=O)c2ccccc21. The molecule has 8 heteroatoms. The van der Waals surface area contributed by atoms with Crippen LogP contribution in [0.2, 0.25) is 5.02 Å². The number of rotatable bonds is 6. The summed E-state index contributed by atoms with van der Waals surface area (Å²) < 4.78 is 1.47. The molecule has 0 radical (unpaired) electrons. The number of hydrogen-bond donors (Lipinski definition) is 1. The average Bonchev–Trinajstić information content (AvgIpc) is 2.71. The van der Waals surface area contributed by atoms with Crippen LogP contribution in [0.5, 0.6) is 0 Å². The summed E-state index contributed by atoms with van der Waals surface area (Å²) in [5.41, 5.74) is 1.86. The zero-order chi connectivity index (χ0) is 21.0. The molecule has 0 aliphatic heterocycles. The van der Waals surface area contributed by atoms with Crippen LogP contribution in [0.1, 0.15) is 12.5 Å². The predicted molar refractivity (Wildman–Crippen MR) is 113 cm³/mol. The second kappa shape index (κ2) is 8.87. The number of aromatic nitrogens is 2. The van der Waals surface area contributed by atoms with Crippen LogP contribution in [0, 0.1) is 6.92 Å². The molecule has 0 saturated heterocycles. The van der Waals surface area contributed by atoms with Gasteiger partial charge >= 0.3 is 0 Å². The lowest BCUT2D eigenvalue weighted by atomic mass is 10.2. The Morgan fingerprint density at radius 1 is 1.21 bits per heavy atom. The summed E-state index contributed by atoms with van der Waals surface area (Å²) in [7, 11) is 0. The van der Waals surface area contributed by atoms with Gasteiger partial charge in [0.25, 0.3) is 0 Å². The van der Waals surface area contributed by atoms with Gasteiger partial charge in [0.1, 0.15) is 6.54 Å². The monoisotopic (exact) mass is 412 g/mol. The fraction of sp³-hybridized carbons (Fsp3) is 0.238. The van der Waals surface area contributed by atoms with E-state index in [2.05, 4.69) is 10.4 Å². The van der Waals surface area contributed by atoms with Gasteiger partial charge < -0.3 is 10.2 Å². The summed E-state index contributed by atoms with van der Waals surface area (Å²) >= 11 is 5.99. The van der Waals surface area contributed by atoms with Crippen molar-refractivity contribution in [3.63, 3.8) is 0 Å². The molecule has 0 atom stereocenters. The average molecular weight is 413 g/mol. The number of anilines is 1. The third-order valence-corrected chi connectivity index (χ3v) is 4.82. The van der Waals surface area contributed by atoms with E-state index in [0.29, 0.717) is 28.2 Å². The largest absolute Gasteiger partial charge is 0.332 e. The topological polar surface area (TPSA) is 84.3 Å². The van der Waals surface area contributed by atoms with Crippen LogP contribution in [0.25, 0.3) is 10.9 Å². The zero-order valence-electron chi connectivity index (χ0n) is 16.2. The quantitative estimate of drug-likeness (QED) is 0.674. The number of carbonyl (C=O) groups excluding carboxylic acids is 2. The second-order valence-corrected chi connectivity index (χ2v) is 7.04. The Morgan fingerprint density at radius 3 is 2.72 bits per heavy atom. The Balaban J connectivity index is 1.73. The van der Waals surface area contributed by atoms with E-state index in [0.717, 1.165) is 5.56 Å².